The van der Waals surface area contributed by atoms with Crippen LogP contribution in [0, 0.1) is 0 Å². The van der Waals surface area contributed by atoms with Crippen LogP contribution in [0.5, 0.6) is 0 Å². The molecular formula is C29H42N4O3. The Labute approximate surface area is 216 Å². The summed E-state index contributed by atoms with van der Waals surface area (Å²) in [5.41, 5.74) is 11.0. The van der Waals surface area contributed by atoms with Gasteiger partial charge in [0.05, 0.1) is 26.2 Å². The molecule has 2 aromatic rings. The quantitative estimate of drug-likeness (QED) is 0.0718. The average Bonchev–Trinajstić information content (AvgIpc) is 2.92. The van der Waals surface area contributed by atoms with Crippen molar-refractivity contribution in [3.8, 4) is 0 Å². The van der Waals surface area contributed by atoms with E-state index in [9.17, 15) is 4.79 Å². The summed E-state index contributed by atoms with van der Waals surface area (Å²) in [6.07, 6.45) is 6.09. The second-order valence-corrected chi connectivity index (χ2v) is 9.22. The van der Waals surface area contributed by atoms with E-state index >= 15 is 0 Å². The molecular weight excluding hydrogens is 452 g/mol. The van der Waals surface area contributed by atoms with Crippen LogP contribution in [0.25, 0.3) is 10.4 Å². The first kappa shape index (κ1) is 29.4. The van der Waals surface area contributed by atoms with Crippen LogP contribution in [0.4, 0.5) is 0 Å². The topological polar surface area (TPSA) is 87.5 Å². The highest BCUT2D eigenvalue weighted by Gasteiger charge is 2.29. The first-order chi connectivity index (χ1) is 17.6. The van der Waals surface area contributed by atoms with Crippen molar-refractivity contribution in [1.82, 2.24) is 4.90 Å². The maximum absolute atomic E-state index is 12.5. The monoisotopic (exact) mass is 494 g/mol. The Kier molecular flexibility index (Phi) is 14.3. The summed E-state index contributed by atoms with van der Waals surface area (Å²) >= 11 is 0. The minimum Gasteiger partial charge on any atom is -0.469 e. The van der Waals surface area contributed by atoms with Gasteiger partial charge in [-0.05, 0) is 49.4 Å². The smallest absolute Gasteiger partial charge is 0.307 e. The van der Waals surface area contributed by atoms with Gasteiger partial charge in [0.15, 0.2) is 0 Å². The minimum absolute atomic E-state index is 0.0222. The van der Waals surface area contributed by atoms with Crippen molar-refractivity contribution in [2.75, 3.05) is 20.2 Å². The molecule has 0 saturated carbocycles. The van der Waals surface area contributed by atoms with Gasteiger partial charge in [-0.1, -0.05) is 92.0 Å². The fourth-order valence-corrected chi connectivity index (χ4v) is 4.58. The van der Waals surface area contributed by atoms with Crippen LogP contribution in [-0.4, -0.2) is 43.2 Å². The molecule has 0 N–H and O–H groups in total. The van der Waals surface area contributed by atoms with E-state index < -0.39 is 0 Å². The molecule has 0 aliphatic carbocycles. The summed E-state index contributed by atoms with van der Waals surface area (Å²) in [5, 5.41) is 3.72. The number of benzene rings is 2. The molecule has 196 valence electrons. The Bertz CT molecular complexity index is 903. The number of methoxy groups -OCH3 is 1. The number of esters is 1. The number of hydrogen-bond donors (Lipinski definition) is 0. The van der Waals surface area contributed by atoms with Crippen LogP contribution < -0.4 is 0 Å². The van der Waals surface area contributed by atoms with E-state index in [-0.39, 0.29) is 30.6 Å². The molecule has 36 heavy (non-hydrogen) atoms. The molecule has 3 atom stereocenters. The Balaban J connectivity index is 2.27. The van der Waals surface area contributed by atoms with Gasteiger partial charge >= 0.3 is 5.97 Å². The minimum atomic E-state index is -0.226. The van der Waals surface area contributed by atoms with Crippen LogP contribution in [0.1, 0.15) is 76.0 Å². The van der Waals surface area contributed by atoms with Gasteiger partial charge in [0.2, 0.25) is 0 Å². The zero-order valence-electron chi connectivity index (χ0n) is 22.1. The largest absolute Gasteiger partial charge is 0.469 e. The number of carbonyl (C=O) groups excluding carboxylic acids is 1. The highest BCUT2D eigenvalue weighted by molar-refractivity contribution is 5.69. The Morgan fingerprint density at radius 3 is 2.39 bits per heavy atom. The number of carbonyl (C=O) groups is 1. The predicted molar refractivity (Wildman–Crippen MR) is 144 cm³/mol. The third kappa shape index (κ3) is 10.8. The van der Waals surface area contributed by atoms with E-state index in [4.69, 9.17) is 15.0 Å². The predicted octanol–water partition coefficient (Wildman–Crippen LogP) is 7.24. The zero-order valence-corrected chi connectivity index (χ0v) is 22.1. The summed E-state index contributed by atoms with van der Waals surface area (Å²) < 4.78 is 11.5. The summed E-state index contributed by atoms with van der Waals surface area (Å²) in [6, 6.07) is 20.5. The van der Waals surface area contributed by atoms with Crippen LogP contribution in [-0.2, 0) is 20.9 Å². The number of ether oxygens (including phenoxy) is 2. The molecule has 0 aliphatic heterocycles. The van der Waals surface area contributed by atoms with E-state index in [0.717, 1.165) is 37.7 Å². The molecule has 7 heteroatoms. The molecule has 2 aromatic carbocycles. The third-order valence-corrected chi connectivity index (χ3v) is 6.61. The van der Waals surface area contributed by atoms with Crippen LogP contribution in [0.2, 0.25) is 0 Å². The molecule has 0 heterocycles. The van der Waals surface area contributed by atoms with Gasteiger partial charge in [0.1, 0.15) is 0 Å². The van der Waals surface area contributed by atoms with Crippen molar-refractivity contribution in [3.05, 3.63) is 82.2 Å². The number of rotatable bonds is 18. The van der Waals surface area contributed by atoms with E-state index in [2.05, 4.69) is 53.0 Å². The van der Waals surface area contributed by atoms with Gasteiger partial charge in [-0.15, -0.1) is 0 Å². The van der Waals surface area contributed by atoms with Crippen molar-refractivity contribution in [2.24, 2.45) is 5.11 Å². The number of nitrogens with zero attached hydrogens (tertiary/aromatic N) is 4. The van der Waals surface area contributed by atoms with Crippen molar-refractivity contribution < 1.29 is 14.3 Å². The molecule has 2 rings (SSSR count). The van der Waals surface area contributed by atoms with Gasteiger partial charge in [0, 0.05) is 23.5 Å². The maximum Gasteiger partial charge on any atom is 0.307 e. The Morgan fingerprint density at radius 2 is 1.75 bits per heavy atom. The lowest BCUT2D eigenvalue weighted by Crippen LogP contribution is -2.42. The average molecular weight is 495 g/mol. The molecule has 0 unspecified atom stereocenters. The summed E-state index contributed by atoms with van der Waals surface area (Å²) in [5.74, 6) is -0.226. The number of unbranched alkanes of at least 4 members (excludes halogenated alkanes) is 2. The standard InChI is InChI=1S/C29H42N4O3/c1-4-5-8-18-28(36-23-25-14-9-6-10-15-25)21-27(22-29(34)35-3)33(20-13-19-31-32-30)24(2)26-16-11-7-12-17-26/h6-7,9-12,14-17,24,27-28H,4-5,8,13,18-23H2,1-3H3/t24-,27-,28+/m0/s1. The molecule has 0 fully saturated rings. The van der Waals surface area contributed by atoms with Gasteiger partial charge in [-0.2, -0.15) is 0 Å². The lowest BCUT2D eigenvalue weighted by molar-refractivity contribution is -0.142. The van der Waals surface area contributed by atoms with Crippen LogP contribution in [0.15, 0.2) is 65.8 Å². The summed E-state index contributed by atoms with van der Waals surface area (Å²) in [6.45, 7) is 6.05. The van der Waals surface area contributed by atoms with Gasteiger partial charge in [0.25, 0.3) is 0 Å². The first-order valence-corrected chi connectivity index (χ1v) is 13.1. The van der Waals surface area contributed by atoms with Crippen LogP contribution >= 0.6 is 0 Å². The maximum atomic E-state index is 12.5. The second kappa shape index (κ2) is 17.6. The molecule has 0 spiro atoms. The number of hydrogen-bond acceptors (Lipinski definition) is 5. The van der Waals surface area contributed by atoms with Gasteiger partial charge in [-0.25, -0.2) is 0 Å². The molecule has 0 aliphatic rings. The van der Waals surface area contributed by atoms with E-state index in [1.54, 1.807) is 0 Å². The zero-order chi connectivity index (χ0) is 26.0. The molecule has 0 bridgehead atoms. The van der Waals surface area contributed by atoms with Crippen molar-refractivity contribution >= 4 is 5.97 Å². The Morgan fingerprint density at radius 1 is 1.06 bits per heavy atom. The first-order valence-electron chi connectivity index (χ1n) is 13.1. The van der Waals surface area contributed by atoms with E-state index in [0.29, 0.717) is 26.1 Å². The second-order valence-electron chi connectivity index (χ2n) is 9.22. The molecule has 7 nitrogen and oxygen atoms in total. The van der Waals surface area contributed by atoms with Crippen LogP contribution in [0.3, 0.4) is 0 Å². The lowest BCUT2D eigenvalue weighted by atomic mass is 9.96. The van der Waals surface area contributed by atoms with Crippen molar-refractivity contribution in [1.29, 1.82) is 0 Å². The van der Waals surface area contributed by atoms with Gasteiger partial charge < -0.3 is 9.47 Å². The summed E-state index contributed by atoms with van der Waals surface area (Å²) in [7, 11) is 1.44. The molecule has 0 radical (unpaired) electrons. The highest BCUT2D eigenvalue weighted by atomic mass is 16.5. The molecule has 0 amide bonds. The normalized spacial score (nSPS) is 13.6. The molecule has 0 aromatic heterocycles. The SMILES string of the molecule is CCCCC[C@H](C[C@@H](CC(=O)OC)N(CCCN=[N+]=[N-])[C@@H](C)c1ccccc1)OCc1ccccc1. The Hall–Kier alpha value is -2.86. The van der Waals surface area contributed by atoms with Crippen molar-refractivity contribution in [2.45, 2.75) is 83.6 Å². The fourth-order valence-electron chi connectivity index (χ4n) is 4.58. The van der Waals surface area contributed by atoms with Gasteiger partial charge in [-0.3, -0.25) is 9.69 Å². The number of azide groups is 1. The lowest BCUT2D eigenvalue weighted by Gasteiger charge is -2.38. The van der Waals surface area contributed by atoms with E-state index in [1.165, 1.54) is 12.7 Å². The highest BCUT2D eigenvalue weighted by Crippen LogP contribution is 2.28. The summed E-state index contributed by atoms with van der Waals surface area (Å²) in [4.78, 5) is 17.8. The van der Waals surface area contributed by atoms with E-state index in [1.807, 2.05) is 36.4 Å². The van der Waals surface area contributed by atoms with Crippen molar-refractivity contribution in [3.63, 3.8) is 0 Å². The fraction of sp³-hybridized carbons (Fsp3) is 0.552. The third-order valence-electron chi connectivity index (χ3n) is 6.61. The molecule has 0 saturated heterocycles.